The molecule has 0 unspecified atom stereocenters. The van der Waals surface area contributed by atoms with E-state index in [0.29, 0.717) is 11.3 Å². The average molecular weight is 529 g/mol. The van der Waals surface area contributed by atoms with Gasteiger partial charge in [0.1, 0.15) is 12.4 Å². The van der Waals surface area contributed by atoms with Crippen LogP contribution < -0.4 is 9.04 Å². The van der Waals surface area contributed by atoms with Crippen molar-refractivity contribution in [2.75, 3.05) is 10.8 Å². The summed E-state index contributed by atoms with van der Waals surface area (Å²) in [7, 11) is -4.18. The molecule has 0 saturated carbocycles. The third-order valence-corrected chi connectivity index (χ3v) is 7.92. The molecule has 188 valence electrons. The van der Waals surface area contributed by atoms with E-state index in [2.05, 4.69) is 4.98 Å². The summed E-state index contributed by atoms with van der Waals surface area (Å²) in [4.78, 5) is 15.1. The molecule has 2 aromatic carbocycles. The lowest BCUT2D eigenvalue weighted by molar-refractivity contribution is -0.137. The Balaban J connectivity index is 2.06. The fourth-order valence-electron chi connectivity index (χ4n) is 3.12. The molecule has 0 radical (unpaired) electrons. The Morgan fingerprint density at radius 3 is 2.34 bits per heavy atom. The first kappa shape index (κ1) is 26.5. The maximum Gasteiger partial charge on any atom is 0.416 e. The van der Waals surface area contributed by atoms with Crippen LogP contribution >= 0.6 is 11.3 Å². The normalized spacial score (nSPS) is 12.1. The molecule has 0 aliphatic carbocycles. The van der Waals surface area contributed by atoms with Crippen molar-refractivity contribution in [3.8, 4) is 5.75 Å². The number of aryl methyl sites for hydroxylation is 1. The Bertz CT molecular complexity index is 1300. The maximum absolute atomic E-state index is 13.4. The Morgan fingerprint density at radius 2 is 1.83 bits per heavy atom. The number of hydrogen-bond donors (Lipinski definition) is 1. The first-order valence-corrected chi connectivity index (χ1v) is 12.7. The second-order valence-corrected chi connectivity index (χ2v) is 11.0. The zero-order valence-electron chi connectivity index (χ0n) is 19.0. The molecule has 0 spiro atoms. The van der Waals surface area contributed by atoms with Crippen LogP contribution in [0.4, 0.5) is 18.9 Å². The van der Waals surface area contributed by atoms with Gasteiger partial charge in [-0.2, -0.15) is 21.6 Å². The fourth-order valence-corrected chi connectivity index (χ4v) is 5.89. The number of aromatic carboxylic acids is 1. The number of halogens is 3. The van der Waals surface area contributed by atoms with Crippen molar-refractivity contribution in [1.29, 1.82) is 0 Å². The molecule has 0 bridgehead atoms. The second-order valence-electron chi connectivity index (χ2n) is 8.16. The van der Waals surface area contributed by atoms with Crippen LogP contribution in [0.2, 0.25) is 0 Å². The maximum atomic E-state index is 13.4. The molecule has 3 rings (SSSR count). The van der Waals surface area contributed by atoms with Gasteiger partial charge in [0.2, 0.25) is 4.34 Å². The molecule has 0 fully saturated rings. The molecule has 0 saturated heterocycles. The lowest BCUT2D eigenvalue weighted by Crippen LogP contribution is -2.34. The van der Waals surface area contributed by atoms with E-state index >= 15 is 0 Å². The van der Waals surface area contributed by atoms with E-state index in [-0.39, 0.29) is 40.4 Å². The van der Waals surface area contributed by atoms with Gasteiger partial charge in [-0.25, -0.2) is 9.78 Å². The summed E-state index contributed by atoms with van der Waals surface area (Å²) >= 11 is 0.924. The van der Waals surface area contributed by atoms with E-state index in [1.807, 2.05) is 0 Å². The van der Waals surface area contributed by atoms with Crippen LogP contribution in [0.3, 0.4) is 0 Å². The first-order valence-electron chi connectivity index (χ1n) is 10.4. The zero-order chi connectivity index (χ0) is 26.0. The Labute approximate surface area is 204 Å². The fraction of sp³-hybridized carbons (Fsp3) is 0.304. The average Bonchev–Trinajstić information content (AvgIpc) is 3.22. The number of carbonyl (C=O) groups is 1. The van der Waals surface area contributed by atoms with Crippen molar-refractivity contribution >= 4 is 33.0 Å². The molecule has 12 heteroatoms. The molecule has 0 aliphatic heterocycles. The third-order valence-electron chi connectivity index (χ3n) is 4.79. The number of ether oxygens (including phenoxy) is 1. The predicted octanol–water partition coefficient (Wildman–Crippen LogP) is 5.60. The van der Waals surface area contributed by atoms with Crippen LogP contribution in [0.5, 0.6) is 5.75 Å². The van der Waals surface area contributed by atoms with Crippen molar-refractivity contribution in [1.82, 2.24) is 4.98 Å². The highest BCUT2D eigenvalue weighted by molar-refractivity contribution is 7.94. The zero-order valence-corrected chi connectivity index (χ0v) is 20.7. The van der Waals surface area contributed by atoms with E-state index in [0.717, 1.165) is 33.8 Å². The van der Waals surface area contributed by atoms with Gasteiger partial charge < -0.3 is 9.84 Å². The third kappa shape index (κ3) is 6.31. The second kappa shape index (κ2) is 10.2. The number of anilines is 1. The Hall–Kier alpha value is -3.12. The number of sulfonamides is 1. The molecule has 35 heavy (non-hydrogen) atoms. The predicted molar refractivity (Wildman–Crippen MR) is 125 cm³/mol. The van der Waals surface area contributed by atoms with Gasteiger partial charge in [-0.05, 0) is 48.7 Å². The van der Waals surface area contributed by atoms with Gasteiger partial charge in [0.15, 0.2) is 0 Å². The number of alkyl halides is 3. The number of carboxylic acids is 1. The molecule has 1 N–H and O–H groups in total. The minimum atomic E-state index is -4.67. The van der Waals surface area contributed by atoms with E-state index in [1.54, 1.807) is 26.2 Å². The highest BCUT2D eigenvalue weighted by atomic mass is 32.2. The number of rotatable bonds is 9. The molecule has 1 aromatic heterocycles. The summed E-state index contributed by atoms with van der Waals surface area (Å²) in [6.07, 6.45) is -4.67. The number of aromatic nitrogens is 1. The summed E-state index contributed by atoms with van der Waals surface area (Å²) in [5.74, 6) is -1.56. The van der Waals surface area contributed by atoms with Crippen LogP contribution in [0, 0.1) is 12.8 Å². The van der Waals surface area contributed by atoms with E-state index in [4.69, 9.17) is 9.84 Å². The van der Waals surface area contributed by atoms with Gasteiger partial charge in [0.05, 0.1) is 16.8 Å². The smallest absolute Gasteiger partial charge is 0.416 e. The van der Waals surface area contributed by atoms with Crippen molar-refractivity contribution in [2.24, 2.45) is 5.92 Å². The largest absolute Gasteiger partial charge is 0.487 e. The number of carboxylic acid groups (broad SMARTS) is 1. The lowest BCUT2D eigenvalue weighted by Gasteiger charge is -2.27. The SMILES string of the molecule is Cc1csc(S(=O)(=O)N(CC(C)C)c2ccc(C(F)(F)F)cc2OCc2ccc(C(=O)O)cc2)n1. The van der Waals surface area contributed by atoms with Crippen molar-refractivity contribution in [2.45, 2.75) is 37.9 Å². The molecule has 0 atom stereocenters. The first-order chi connectivity index (χ1) is 16.3. The monoisotopic (exact) mass is 528 g/mol. The summed E-state index contributed by atoms with van der Waals surface area (Å²) in [6.45, 7) is 4.98. The molecule has 0 amide bonds. The van der Waals surface area contributed by atoms with Gasteiger partial charge in [-0.1, -0.05) is 26.0 Å². The molecule has 1 heterocycles. The lowest BCUT2D eigenvalue weighted by atomic mass is 10.1. The number of hydrogen-bond acceptors (Lipinski definition) is 6. The van der Waals surface area contributed by atoms with Crippen molar-refractivity contribution in [3.05, 3.63) is 70.2 Å². The van der Waals surface area contributed by atoms with Crippen LogP contribution in [-0.2, 0) is 22.8 Å². The Kier molecular flexibility index (Phi) is 7.75. The van der Waals surface area contributed by atoms with E-state index < -0.39 is 27.7 Å². The Morgan fingerprint density at radius 1 is 1.17 bits per heavy atom. The summed E-state index contributed by atoms with van der Waals surface area (Å²) in [6, 6.07) is 8.26. The van der Waals surface area contributed by atoms with Crippen LogP contribution in [0.1, 0.15) is 41.0 Å². The number of thiazole rings is 1. The minimum Gasteiger partial charge on any atom is -0.487 e. The number of benzene rings is 2. The topological polar surface area (TPSA) is 96.8 Å². The van der Waals surface area contributed by atoms with Gasteiger partial charge in [0.25, 0.3) is 10.0 Å². The number of nitrogens with zero attached hydrogens (tertiary/aromatic N) is 2. The van der Waals surface area contributed by atoms with Gasteiger partial charge in [0, 0.05) is 17.6 Å². The van der Waals surface area contributed by atoms with Crippen LogP contribution in [0.25, 0.3) is 0 Å². The van der Waals surface area contributed by atoms with Crippen LogP contribution in [-0.4, -0.2) is 31.0 Å². The van der Waals surface area contributed by atoms with E-state index in [1.165, 1.54) is 24.3 Å². The molecular formula is C23H23F3N2O5S2. The highest BCUT2D eigenvalue weighted by Gasteiger charge is 2.35. The summed E-state index contributed by atoms with van der Waals surface area (Å²) < 4.78 is 73.7. The molecular weight excluding hydrogens is 505 g/mol. The molecule has 3 aromatic rings. The van der Waals surface area contributed by atoms with Crippen molar-refractivity contribution in [3.63, 3.8) is 0 Å². The molecule has 7 nitrogen and oxygen atoms in total. The van der Waals surface area contributed by atoms with Gasteiger partial charge >= 0.3 is 12.1 Å². The highest BCUT2D eigenvalue weighted by Crippen LogP contribution is 2.39. The minimum absolute atomic E-state index is 0.0179. The van der Waals surface area contributed by atoms with Crippen molar-refractivity contribution < 1.29 is 36.2 Å². The molecule has 0 aliphatic rings. The quantitative estimate of drug-likeness (QED) is 0.388. The van der Waals surface area contributed by atoms with Gasteiger partial charge in [-0.3, -0.25) is 4.31 Å². The van der Waals surface area contributed by atoms with E-state index in [9.17, 15) is 26.4 Å². The summed E-state index contributed by atoms with van der Waals surface area (Å²) in [5.41, 5.74) is -0.00780. The van der Waals surface area contributed by atoms with Crippen LogP contribution in [0.15, 0.2) is 52.2 Å². The summed E-state index contributed by atoms with van der Waals surface area (Å²) in [5, 5.41) is 10.6. The van der Waals surface area contributed by atoms with Gasteiger partial charge in [-0.15, -0.1) is 11.3 Å². The standard InChI is InChI=1S/C23H23F3N2O5S2/c1-14(2)11-28(35(31,32)22-27-15(3)13-34-22)19-9-8-18(23(24,25)26)10-20(19)33-12-16-4-6-17(7-5-16)21(29)30/h4-10,13-14H,11-12H2,1-3H3,(H,29,30).